The van der Waals surface area contributed by atoms with Crippen LogP contribution in [0.1, 0.15) is 30.5 Å². The number of hydrogen-bond donors (Lipinski definition) is 0. The van der Waals surface area contributed by atoms with Gasteiger partial charge in [-0.1, -0.05) is 49.7 Å². The van der Waals surface area contributed by atoms with Crippen LogP contribution in [0, 0.1) is 6.92 Å². The third-order valence-electron chi connectivity index (χ3n) is 3.46. The molecular formula is C19H19ClN2O2. The highest BCUT2D eigenvalue weighted by Crippen LogP contribution is 2.25. The topological polar surface area (TPSA) is 58.9 Å². The van der Waals surface area contributed by atoms with Crippen molar-refractivity contribution in [2.75, 3.05) is 0 Å². The lowest BCUT2D eigenvalue weighted by Gasteiger charge is -2.05. The lowest BCUT2D eigenvalue weighted by molar-refractivity contribution is 0.564. The number of aliphatic imine (C=N–C) groups is 2. The lowest BCUT2D eigenvalue weighted by atomic mass is 10.0. The fourth-order valence-corrected chi connectivity index (χ4v) is 2.32. The SMILES string of the molecule is CCc1cccc(CC)c1N=C=O.Cc1ccc(Cl)cc1N=C=O. The quantitative estimate of drug-likeness (QED) is 0.552. The molecule has 0 aliphatic heterocycles. The molecule has 0 unspecified atom stereocenters. The number of hydrogen-bond acceptors (Lipinski definition) is 4. The van der Waals surface area contributed by atoms with Gasteiger partial charge in [0.15, 0.2) is 0 Å². The Balaban J connectivity index is 0.000000243. The molecule has 2 aromatic rings. The minimum absolute atomic E-state index is 0.574. The van der Waals surface area contributed by atoms with Gasteiger partial charge in [-0.2, -0.15) is 9.98 Å². The van der Waals surface area contributed by atoms with Gasteiger partial charge in [0.1, 0.15) is 0 Å². The van der Waals surface area contributed by atoms with Crippen LogP contribution in [0.2, 0.25) is 5.02 Å². The lowest BCUT2D eigenvalue weighted by Crippen LogP contribution is -1.87. The van der Waals surface area contributed by atoms with Crippen LogP contribution in [0.5, 0.6) is 0 Å². The van der Waals surface area contributed by atoms with Gasteiger partial charge in [0.05, 0.1) is 11.4 Å². The molecule has 0 saturated carbocycles. The maximum atomic E-state index is 10.2. The summed E-state index contributed by atoms with van der Waals surface area (Å²) in [6.07, 6.45) is 4.87. The Hall–Kier alpha value is -2.51. The summed E-state index contributed by atoms with van der Waals surface area (Å²) in [7, 11) is 0. The van der Waals surface area contributed by atoms with Gasteiger partial charge in [-0.05, 0) is 48.6 Å². The molecule has 2 rings (SSSR count). The van der Waals surface area contributed by atoms with Crippen LogP contribution >= 0.6 is 11.6 Å². The van der Waals surface area contributed by atoms with Crippen molar-refractivity contribution in [2.45, 2.75) is 33.6 Å². The smallest absolute Gasteiger partial charge is 0.211 e. The Morgan fingerprint density at radius 3 is 2.04 bits per heavy atom. The number of para-hydroxylation sites is 1. The predicted octanol–water partition coefficient (Wildman–Crippen LogP) is 5.39. The van der Waals surface area contributed by atoms with E-state index in [1.807, 2.05) is 25.1 Å². The normalized spacial score (nSPS) is 9.17. The summed E-state index contributed by atoms with van der Waals surface area (Å²) in [6.45, 7) is 5.96. The van der Waals surface area contributed by atoms with Crippen molar-refractivity contribution in [2.24, 2.45) is 9.98 Å². The van der Waals surface area contributed by atoms with E-state index >= 15 is 0 Å². The van der Waals surface area contributed by atoms with E-state index in [0.29, 0.717) is 10.7 Å². The highest BCUT2D eigenvalue weighted by molar-refractivity contribution is 6.30. The summed E-state index contributed by atoms with van der Waals surface area (Å²) in [5, 5.41) is 0.574. The summed E-state index contributed by atoms with van der Waals surface area (Å²) in [5.41, 5.74) is 4.53. The molecule has 24 heavy (non-hydrogen) atoms. The minimum Gasteiger partial charge on any atom is -0.211 e. The Kier molecular flexibility index (Phi) is 8.38. The van der Waals surface area contributed by atoms with Crippen molar-refractivity contribution < 1.29 is 9.59 Å². The maximum absolute atomic E-state index is 10.2. The van der Waals surface area contributed by atoms with E-state index in [9.17, 15) is 9.59 Å². The molecule has 124 valence electrons. The summed E-state index contributed by atoms with van der Waals surface area (Å²) in [6, 6.07) is 11.2. The standard InChI is InChI=1S/C11H13NO.C8H6ClNO/c1-3-9-6-5-7-10(4-2)11(9)12-8-13;1-6-2-3-7(9)4-8(6)10-5-11/h5-7H,3-4H2,1-2H3;2-4H,1H3. The zero-order valence-corrected chi connectivity index (χ0v) is 14.7. The van der Waals surface area contributed by atoms with Gasteiger partial charge >= 0.3 is 0 Å². The van der Waals surface area contributed by atoms with Crippen LogP contribution < -0.4 is 0 Å². The number of rotatable bonds is 4. The predicted molar refractivity (Wildman–Crippen MR) is 97.0 cm³/mol. The zero-order valence-electron chi connectivity index (χ0n) is 14.0. The molecule has 4 nitrogen and oxygen atoms in total. The van der Waals surface area contributed by atoms with E-state index in [0.717, 1.165) is 35.2 Å². The first-order chi connectivity index (χ1) is 11.6. The van der Waals surface area contributed by atoms with Crippen molar-refractivity contribution in [1.29, 1.82) is 0 Å². The molecule has 0 aromatic heterocycles. The maximum Gasteiger partial charge on any atom is 0.240 e. The number of aryl methyl sites for hydroxylation is 3. The van der Waals surface area contributed by atoms with Crippen molar-refractivity contribution in [3.05, 3.63) is 58.1 Å². The summed E-state index contributed by atoms with van der Waals surface area (Å²) in [4.78, 5) is 27.3. The number of nitrogens with zero attached hydrogens (tertiary/aromatic N) is 2. The van der Waals surface area contributed by atoms with E-state index in [2.05, 4.69) is 23.8 Å². The second kappa shape index (κ2) is 10.3. The summed E-state index contributed by atoms with van der Waals surface area (Å²) < 4.78 is 0. The average Bonchev–Trinajstić information content (AvgIpc) is 2.59. The summed E-state index contributed by atoms with van der Waals surface area (Å²) in [5.74, 6) is 0. The Bertz CT molecular complexity index is 768. The van der Waals surface area contributed by atoms with Gasteiger partial charge in [-0.15, -0.1) is 0 Å². The van der Waals surface area contributed by atoms with E-state index in [-0.39, 0.29) is 0 Å². The van der Waals surface area contributed by atoms with Crippen molar-refractivity contribution in [3.63, 3.8) is 0 Å². The average molecular weight is 343 g/mol. The number of halogens is 1. The second-order valence-electron chi connectivity index (χ2n) is 4.97. The molecule has 0 saturated heterocycles. The van der Waals surface area contributed by atoms with E-state index in [4.69, 9.17) is 11.6 Å². The molecule has 0 atom stereocenters. The highest BCUT2D eigenvalue weighted by atomic mass is 35.5. The van der Waals surface area contributed by atoms with Crippen LogP contribution in [0.25, 0.3) is 0 Å². The third-order valence-corrected chi connectivity index (χ3v) is 3.69. The van der Waals surface area contributed by atoms with Gasteiger partial charge in [0, 0.05) is 5.02 Å². The first-order valence-corrected chi connectivity index (χ1v) is 7.97. The van der Waals surface area contributed by atoms with E-state index in [1.165, 1.54) is 6.08 Å². The third kappa shape index (κ3) is 5.60. The number of carbonyl (C=O) groups excluding carboxylic acids is 2. The van der Waals surface area contributed by atoms with Crippen LogP contribution in [-0.4, -0.2) is 12.2 Å². The molecule has 5 heteroatoms. The molecule has 0 fully saturated rings. The van der Waals surface area contributed by atoms with Gasteiger partial charge < -0.3 is 0 Å². The van der Waals surface area contributed by atoms with Gasteiger partial charge in [0.25, 0.3) is 0 Å². The molecule has 0 bridgehead atoms. The second-order valence-corrected chi connectivity index (χ2v) is 5.41. The Morgan fingerprint density at radius 1 is 0.958 bits per heavy atom. The van der Waals surface area contributed by atoms with Gasteiger partial charge in [-0.3, -0.25) is 0 Å². The molecule has 2 aromatic carbocycles. The molecule has 0 aliphatic rings. The largest absolute Gasteiger partial charge is 0.240 e. The molecule has 0 amide bonds. The summed E-state index contributed by atoms with van der Waals surface area (Å²) >= 11 is 5.66. The van der Waals surface area contributed by atoms with Crippen molar-refractivity contribution >= 4 is 35.1 Å². The zero-order chi connectivity index (χ0) is 17.9. The molecule has 0 heterocycles. The van der Waals surface area contributed by atoms with Crippen molar-refractivity contribution in [3.8, 4) is 0 Å². The van der Waals surface area contributed by atoms with Gasteiger partial charge in [0.2, 0.25) is 12.2 Å². The Morgan fingerprint density at radius 2 is 1.54 bits per heavy atom. The van der Waals surface area contributed by atoms with E-state index < -0.39 is 0 Å². The van der Waals surface area contributed by atoms with Crippen molar-refractivity contribution in [1.82, 2.24) is 0 Å². The fraction of sp³-hybridized carbons (Fsp3) is 0.263. The molecule has 0 radical (unpaired) electrons. The van der Waals surface area contributed by atoms with Crippen LogP contribution in [0.15, 0.2) is 46.4 Å². The minimum atomic E-state index is 0.574. The molecular weight excluding hydrogens is 324 g/mol. The number of benzene rings is 2. The first kappa shape index (κ1) is 19.5. The van der Waals surface area contributed by atoms with Gasteiger partial charge in [-0.25, -0.2) is 9.59 Å². The van der Waals surface area contributed by atoms with Crippen LogP contribution in [0.4, 0.5) is 11.4 Å². The monoisotopic (exact) mass is 342 g/mol. The molecule has 0 aliphatic carbocycles. The number of isocyanates is 2. The molecule has 0 N–H and O–H groups in total. The Labute approximate surface area is 146 Å². The fourth-order valence-electron chi connectivity index (χ4n) is 2.16. The molecule has 0 spiro atoms. The first-order valence-electron chi connectivity index (χ1n) is 7.60. The van der Waals surface area contributed by atoms with Crippen LogP contribution in [-0.2, 0) is 22.4 Å². The van der Waals surface area contributed by atoms with E-state index in [1.54, 1.807) is 24.3 Å². The van der Waals surface area contributed by atoms with Crippen LogP contribution in [0.3, 0.4) is 0 Å². The highest BCUT2D eigenvalue weighted by Gasteiger charge is 2.03.